The molecule has 0 atom stereocenters. The summed E-state index contributed by atoms with van der Waals surface area (Å²) in [5, 5.41) is 10.8. The Morgan fingerprint density at radius 1 is 0.521 bits per heavy atom. The minimum absolute atomic E-state index is 0. The van der Waals surface area contributed by atoms with Crippen LogP contribution in [-0.4, -0.2) is 22.2 Å². The number of fused-ring (bicyclic) bond motifs is 1. The van der Waals surface area contributed by atoms with E-state index in [9.17, 15) is 25.2 Å². The first-order valence-corrected chi connectivity index (χ1v) is 19.6. The number of aryl methyl sites for hydroxylation is 2. The Kier molecular flexibility index (Phi) is 13.5. The molecule has 0 aliphatic rings. The molecular weight excluding hydrogens is 796 g/mol. The van der Waals surface area contributed by atoms with Crippen LogP contribution in [0.15, 0.2) is 146 Å². The Balaban J connectivity index is 0.000000629. The maximum Gasteiger partial charge on any atom is 0.198 e. The molecule has 0 fully saturated rings. The first-order valence-electron chi connectivity index (χ1n) is 14.5. The van der Waals surface area contributed by atoms with E-state index in [-0.39, 0.29) is 31.9 Å². The molecule has 0 N–H and O–H groups in total. The first kappa shape index (κ1) is 39.7. The molecule has 0 amide bonds. The van der Waals surface area contributed by atoms with Gasteiger partial charge < -0.3 is 12.4 Å². The van der Waals surface area contributed by atoms with E-state index in [0.717, 1.165) is 25.4 Å². The van der Waals surface area contributed by atoms with Crippen LogP contribution in [0.2, 0.25) is 0 Å². The van der Waals surface area contributed by atoms with Crippen molar-refractivity contribution in [3.8, 4) is 0 Å². The molecule has 5 aromatic carbocycles. The fourth-order valence-electron chi connectivity index (χ4n) is 5.09. The molecular formula is C34H32ClF6N3P3Rh-. The molecule has 0 aliphatic carbocycles. The third-order valence-corrected chi connectivity index (χ3v) is 12.0. The summed E-state index contributed by atoms with van der Waals surface area (Å²) in [6.45, 7) is 1.77. The Bertz CT molecular complexity index is 1640. The van der Waals surface area contributed by atoms with E-state index in [1.165, 1.54) is 32.3 Å². The van der Waals surface area contributed by atoms with Gasteiger partial charge in [-0.3, -0.25) is 0 Å². The second-order valence-electron chi connectivity index (χ2n) is 10.4. The maximum atomic E-state index is 9.87. The third kappa shape index (κ3) is 12.6. The number of para-hydroxylation sites is 2. The number of hydrogen-bond acceptors (Lipinski definition) is 1. The van der Waals surface area contributed by atoms with Gasteiger partial charge >= 0.3 is 33.0 Å². The van der Waals surface area contributed by atoms with Crippen molar-refractivity contribution in [1.29, 1.82) is 0 Å². The fraction of sp³-hybridized carbons (Fsp3) is 0.118. The van der Waals surface area contributed by atoms with E-state index in [1.807, 2.05) is 0 Å². The summed E-state index contributed by atoms with van der Waals surface area (Å²) < 4.78 is 63.6. The van der Waals surface area contributed by atoms with Crippen molar-refractivity contribution in [3.05, 3.63) is 146 Å². The fourth-order valence-corrected chi connectivity index (χ4v) is 9.63. The zero-order valence-corrected chi connectivity index (χ0v) is 30.4. The van der Waals surface area contributed by atoms with Gasteiger partial charge in [-0.1, -0.05) is 133 Å². The van der Waals surface area contributed by atoms with Crippen molar-refractivity contribution in [2.24, 2.45) is 0 Å². The van der Waals surface area contributed by atoms with E-state index in [4.69, 9.17) is 5.21 Å². The van der Waals surface area contributed by atoms with Gasteiger partial charge in [0.1, 0.15) is 13.1 Å². The predicted octanol–water partition coefficient (Wildman–Crippen LogP) is 5.97. The van der Waals surface area contributed by atoms with Gasteiger partial charge in [-0.25, -0.2) is 0 Å². The van der Waals surface area contributed by atoms with E-state index < -0.39 is 23.7 Å². The maximum absolute atomic E-state index is 10.7. The summed E-state index contributed by atoms with van der Waals surface area (Å²) in [7, 11) is -11.6. The van der Waals surface area contributed by atoms with Gasteiger partial charge in [0.2, 0.25) is 0 Å². The van der Waals surface area contributed by atoms with Crippen molar-refractivity contribution in [2.45, 2.75) is 13.1 Å². The monoisotopic (exact) mass is 827 g/mol. The molecule has 48 heavy (non-hydrogen) atoms. The van der Waals surface area contributed by atoms with Crippen LogP contribution in [0.25, 0.3) is 11.0 Å². The average Bonchev–Trinajstić information content (AvgIpc) is 3.39. The second-order valence-corrected chi connectivity index (χ2v) is 17.0. The molecule has 0 unspecified atom stereocenters. The van der Waals surface area contributed by atoms with Gasteiger partial charge in [0.15, 0.2) is 11.0 Å². The Labute approximate surface area is 297 Å². The largest absolute Gasteiger partial charge is 1.00 e. The van der Waals surface area contributed by atoms with Crippen LogP contribution in [0.5, 0.6) is 0 Å². The molecule has 14 heteroatoms. The summed E-state index contributed by atoms with van der Waals surface area (Å²) in [6.07, 6.45) is 2.10. The number of rotatable bonds is 10. The van der Waals surface area contributed by atoms with Crippen molar-refractivity contribution in [1.82, 2.24) is 9.90 Å². The van der Waals surface area contributed by atoms with Crippen molar-refractivity contribution >= 4 is 55.9 Å². The van der Waals surface area contributed by atoms with Gasteiger partial charge in [0, 0.05) is 31.8 Å². The minimum atomic E-state index is -10.7. The van der Waals surface area contributed by atoms with Gasteiger partial charge in [0.25, 0.3) is 0 Å². The van der Waals surface area contributed by atoms with Crippen LogP contribution in [0, 0.1) is 0 Å². The van der Waals surface area contributed by atoms with Crippen LogP contribution in [-0.2, 0) is 32.6 Å². The molecule has 257 valence electrons. The average molecular weight is 828 g/mol. The normalized spacial score (nSPS) is 12.7. The van der Waals surface area contributed by atoms with Crippen LogP contribution in [0.1, 0.15) is 0 Å². The second kappa shape index (κ2) is 16.3. The Morgan fingerprint density at radius 2 is 0.854 bits per heavy atom. The smallest absolute Gasteiger partial charge is 0.198 e. The molecule has 0 spiro atoms. The van der Waals surface area contributed by atoms with Crippen molar-refractivity contribution in [3.63, 3.8) is 0 Å². The van der Waals surface area contributed by atoms with Crippen LogP contribution in [0.4, 0.5) is 25.2 Å². The molecule has 0 saturated heterocycles. The molecule has 6 aromatic rings. The van der Waals surface area contributed by atoms with E-state index in [2.05, 4.69) is 155 Å². The molecule has 6 rings (SSSR count). The molecule has 0 aliphatic heterocycles. The number of halogens is 7. The van der Waals surface area contributed by atoms with Gasteiger partial charge in [-0.15, -0.1) is 9.36 Å². The first-order chi connectivity index (χ1) is 21.8. The predicted molar refractivity (Wildman–Crippen MR) is 181 cm³/mol. The van der Waals surface area contributed by atoms with Crippen molar-refractivity contribution < 1.29 is 61.7 Å². The van der Waals surface area contributed by atoms with E-state index in [1.54, 1.807) is 0 Å². The van der Waals surface area contributed by atoms with Crippen LogP contribution < -0.4 is 38.3 Å². The Hall–Kier alpha value is -2.72. The SMILES string of the molecule is F[P-](F)(F)(F)(F)F.[Cl-].[Rh].c1ccc(P(CCn2n[n+](CCP(c3ccccc3)c3ccccc3)c3ccccc32)c2ccccc2)cc1. The van der Waals surface area contributed by atoms with E-state index in [0.29, 0.717) is 0 Å². The number of benzene rings is 5. The van der Waals surface area contributed by atoms with Gasteiger partial charge in [-0.2, -0.15) is 0 Å². The number of nitrogens with zero attached hydrogens (tertiary/aromatic N) is 3. The van der Waals surface area contributed by atoms with Gasteiger partial charge in [0.05, 0.1) is 5.21 Å². The summed E-state index contributed by atoms with van der Waals surface area (Å²) in [4.78, 5) is 0. The molecule has 0 saturated carbocycles. The topological polar surface area (TPSA) is 21.7 Å². The molecule has 0 bridgehead atoms. The Morgan fingerprint density at radius 3 is 1.25 bits per heavy atom. The number of aromatic nitrogens is 3. The van der Waals surface area contributed by atoms with Gasteiger partial charge in [-0.05, 0) is 49.2 Å². The molecule has 1 aromatic heterocycles. The van der Waals surface area contributed by atoms with Crippen molar-refractivity contribution in [2.75, 3.05) is 12.3 Å². The molecule has 1 heterocycles. The minimum Gasteiger partial charge on any atom is -1.00 e. The van der Waals surface area contributed by atoms with Crippen LogP contribution >= 0.6 is 23.7 Å². The summed E-state index contributed by atoms with van der Waals surface area (Å²) >= 11 is 0. The summed E-state index contributed by atoms with van der Waals surface area (Å²) in [5.41, 5.74) is 2.41. The standard InChI is InChI=1S/C34H32N3P2.ClH.F6P.Rh/c1-5-15-29(16-6-1)38(30-17-7-2-8-18-30)27-25-36-33-23-13-14-24-34(33)37(35-36)26-28-39(31-19-9-3-10-20-31)32-21-11-4-12-22-32;;1-7(2,3,4,5)6;/h1-24H,25-28H2;1H;;/q+1;;-1;/p-1. The van der Waals surface area contributed by atoms with E-state index >= 15 is 0 Å². The molecule has 1 radical (unpaired) electrons. The molecule has 3 nitrogen and oxygen atoms in total. The third-order valence-electron chi connectivity index (χ3n) is 7.00. The zero-order valence-electron chi connectivity index (χ0n) is 25.3. The summed E-state index contributed by atoms with van der Waals surface area (Å²) in [5.74, 6) is 0. The van der Waals surface area contributed by atoms with Crippen LogP contribution in [0.3, 0.4) is 0 Å². The summed E-state index contributed by atoms with van der Waals surface area (Å²) in [6, 6.07) is 52.5. The number of hydrogen-bond donors (Lipinski definition) is 0. The quantitative estimate of drug-likeness (QED) is 0.0723. The zero-order chi connectivity index (χ0) is 32.7.